The van der Waals surface area contributed by atoms with E-state index < -0.39 is 10.0 Å². The summed E-state index contributed by atoms with van der Waals surface area (Å²) in [6.07, 6.45) is 0.175. The van der Waals surface area contributed by atoms with Gasteiger partial charge in [0.1, 0.15) is 0 Å². The van der Waals surface area contributed by atoms with Crippen molar-refractivity contribution in [3.63, 3.8) is 0 Å². The van der Waals surface area contributed by atoms with Crippen molar-refractivity contribution in [3.05, 3.63) is 64.2 Å². The lowest BCUT2D eigenvalue weighted by molar-refractivity contribution is -0.120. The molecule has 0 fully saturated rings. The van der Waals surface area contributed by atoms with Gasteiger partial charge in [-0.25, -0.2) is 23.1 Å². The summed E-state index contributed by atoms with van der Waals surface area (Å²) < 4.78 is 28.2. The maximum absolute atomic E-state index is 12.7. The molecule has 34 heavy (non-hydrogen) atoms. The molecule has 0 aliphatic carbocycles. The Morgan fingerprint density at radius 1 is 1.06 bits per heavy atom. The molecule has 0 saturated carbocycles. The van der Waals surface area contributed by atoms with Crippen LogP contribution in [-0.4, -0.2) is 51.5 Å². The summed E-state index contributed by atoms with van der Waals surface area (Å²) in [7, 11) is -1.97. The zero-order valence-electron chi connectivity index (χ0n) is 20.7. The second-order valence-electron chi connectivity index (χ2n) is 8.72. The number of hydrogen-bond donors (Lipinski definition) is 1. The first-order chi connectivity index (χ1) is 15.9. The van der Waals surface area contributed by atoms with Crippen LogP contribution in [0.3, 0.4) is 0 Å². The van der Waals surface area contributed by atoms with Crippen molar-refractivity contribution in [1.29, 1.82) is 0 Å². The van der Waals surface area contributed by atoms with Crippen LogP contribution in [0.5, 0.6) is 0 Å². The number of amides is 1. The highest BCUT2D eigenvalue weighted by molar-refractivity contribution is 7.89. The van der Waals surface area contributed by atoms with Gasteiger partial charge in [0.2, 0.25) is 15.9 Å². The predicted molar refractivity (Wildman–Crippen MR) is 130 cm³/mol. The molecule has 0 unspecified atom stereocenters. The zero-order valence-corrected chi connectivity index (χ0v) is 21.6. The molecule has 0 radical (unpaired) electrons. The largest absolute Gasteiger partial charge is 0.352 e. The minimum absolute atomic E-state index is 0.137. The van der Waals surface area contributed by atoms with E-state index in [1.165, 1.54) is 4.31 Å². The lowest BCUT2D eigenvalue weighted by Gasteiger charge is -2.21. The summed E-state index contributed by atoms with van der Waals surface area (Å²) >= 11 is 0. The van der Waals surface area contributed by atoms with E-state index in [9.17, 15) is 13.2 Å². The molecule has 0 aliphatic rings. The quantitative estimate of drug-likeness (QED) is 0.526. The van der Waals surface area contributed by atoms with E-state index in [1.807, 2.05) is 47.6 Å². The number of aryl methyl sites for hydroxylation is 3. The fraction of sp³-hybridized carbons (Fsp3) is 0.417. The zero-order chi connectivity index (χ0) is 25.2. The first-order valence-corrected chi connectivity index (χ1v) is 12.6. The lowest BCUT2D eigenvalue weighted by atomic mass is 10.1. The number of nitrogens with zero attached hydrogens (tertiary/aromatic N) is 5. The third kappa shape index (κ3) is 5.51. The Balaban J connectivity index is 1.67. The Kier molecular flexibility index (Phi) is 7.52. The van der Waals surface area contributed by atoms with Crippen LogP contribution < -0.4 is 5.32 Å². The number of benzene rings is 1. The maximum Gasteiger partial charge on any atom is 0.251 e. The van der Waals surface area contributed by atoms with Gasteiger partial charge >= 0.3 is 0 Å². The number of aromatic nitrogens is 4. The van der Waals surface area contributed by atoms with Gasteiger partial charge < -0.3 is 5.32 Å². The van der Waals surface area contributed by atoms with Gasteiger partial charge in [-0.15, -0.1) is 0 Å². The maximum atomic E-state index is 12.7. The molecule has 0 atom stereocenters. The van der Waals surface area contributed by atoms with E-state index in [1.54, 1.807) is 36.0 Å². The number of carbonyl (C=O) groups is 1. The van der Waals surface area contributed by atoms with E-state index in [0.717, 1.165) is 33.9 Å². The first kappa shape index (κ1) is 25.5. The van der Waals surface area contributed by atoms with Crippen LogP contribution in [0.15, 0.2) is 35.2 Å². The van der Waals surface area contributed by atoms with E-state index in [4.69, 9.17) is 0 Å². The molecule has 1 amide bonds. The molecule has 9 nitrogen and oxygen atoms in total. The van der Waals surface area contributed by atoms with Crippen LogP contribution in [0.2, 0.25) is 0 Å². The van der Waals surface area contributed by atoms with Gasteiger partial charge in [-0.1, -0.05) is 12.1 Å². The molecule has 10 heteroatoms. The molecule has 0 saturated heterocycles. The minimum atomic E-state index is -3.54. The molecule has 0 bridgehead atoms. The third-order valence-electron chi connectivity index (χ3n) is 5.76. The molecule has 182 valence electrons. The molecule has 3 rings (SSSR count). The number of hydrogen-bond acceptors (Lipinski definition) is 6. The van der Waals surface area contributed by atoms with Gasteiger partial charge in [0.15, 0.2) is 0 Å². The summed E-state index contributed by atoms with van der Waals surface area (Å²) in [4.78, 5) is 21.8. The Hall–Kier alpha value is -3.11. The number of rotatable bonds is 8. The smallest absolute Gasteiger partial charge is 0.251 e. The van der Waals surface area contributed by atoms with Crippen LogP contribution in [0.1, 0.15) is 47.8 Å². The van der Waals surface area contributed by atoms with E-state index >= 15 is 0 Å². The highest BCUT2D eigenvalue weighted by atomic mass is 32.2. The van der Waals surface area contributed by atoms with Crippen LogP contribution >= 0.6 is 0 Å². The SMILES string of the molecule is Cc1cc(C)nc(-n2nc(C)c(CC(=O)NCc3ccc(S(=O)(=O)N(C)C(C)C)cc3)c2C)n1. The fourth-order valence-electron chi connectivity index (χ4n) is 3.57. The van der Waals surface area contributed by atoms with Crippen LogP contribution in [0.4, 0.5) is 0 Å². The highest BCUT2D eigenvalue weighted by Gasteiger charge is 2.23. The van der Waals surface area contributed by atoms with E-state index in [2.05, 4.69) is 20.4 Å². The predicted octanol–water partition coefficient (Wildman–Crippen LogP) is 2.78. The minimum Gasteiger partial charge on any atom is -0.352 e. The molecule has 0 aliphatic heterocycles. The van der Waals surface area contributed by atoms with Crippen LogP contribution in [0, 0.1) is 27.7 Å². The normalized spacial score (nSPS) is 11.9. The van der Waals surface area contributed by atoms with Crippen molar-refractivity contribution in [1.82, 2.24) is 29.4 Å². The van der Waals surface area contributed by atoms with Crippen LogP contribution in [0.25, 0.3) is 5.95 Å². The Bertz CT molecular complexity index is 1280. The molecule has 0 spiro atoms. The molecule has 3 aromatic rings. The monoisotopic (exact) mass is 484 g/mol. The number of carbonyl (C=O) groups excluding carboxylic acids is 1. The second-order valence-corrected chi connectivity index (χ2v) is 10.7. The van der Waals surface area contributed by atoms with Gasteiger partial charge in [0.05, 0.1) is 17.0 Å². The summed E-state index contributed by atoms with van der Waals surface area (Å²) in [5.41, 5.74) is 4.92. The standard InChI is InChI=1S/C24H32N6O3S/c1-15(2)29(7)34(32,33)21-10-8-20(9-11-21)14-25-23(31)13-22-18(5)28-30(19(22)6)24-26-16(3)12-17(4)27-24/h8-12,15H,13-14H2,1-7H3,(H,25,31). The lowest BCUT2D eigenvalue weighted by Crippen LogP contribution is -2.33. The fourth-order valence-corrected chi connectivity index (χ4v) is 4.94. The topological polar surface area (TPSA) is 110 Å². The van der Waals surface area contributed by atoms with Crippen molar-refractivity contribution >= 4 is 15.9 Å². The highest BCUT2D eigenvalue weighted by Crippen LogP contribution is 2.19. The molecule has 1 aromatic carbocycles. The third-order valence-corrected chi connectivity index (χ3v) is 7.80. The Morgan fingerprint density at radius 3 is 2.21 bits per heavy atom. The van der Waals surface area contributed by atoms with Gasteiger partial charge in [-0.05, 0) is 65.3 Å². The summed E-state index contributed by atoms with van der Waals surface area (Å²) in [5.74, 6) is 0.339. The van der Waals surface area contributed by atoms with Crippen LogP contribution in [-0.2, 0) is 27.8 Å². The Labute approximate surface area is 201 Å². The average molecular weight is 485 g/mol. The van der Waals surface area contributed by atoms with Crippen molar-refractivity contribution in [2.24, 2.45) is 0 Å². The second kappa shape index (κ2) is 10.0. The first-order valence-electron chi connectivity index (χ1n) is 11.1. The summed E-state index contributed by atoms with van der Waals surface area (Å²) in [5, 5.41) is 7.45. The number of sulfonamides is 1. The summed E-state index contributed by atoms with van der Waals surface area (Å²) in [6.45, 7) is 11.5. The van der Waals surface area contributed by atoms with Gasteiger partial charge in [0, 0.05) is 42.3 Å². The van der Waals surface area contributed by atoms with Crippen molar-refractivity contribution in [2.45, 2.75) is 65.4 Å². The number of nitrogens with one attached hydrogen (secondary N) is 1. The van der Waals surface area contributed by atoms with Gasteiger partial charge in [-0.2, -0.15) is 9.40 Å². The molecular weight excluding hydrogens is 452 g/mol. The van der Waals surface area contributed by atoms with Crippen molar-refractivity contribution in [2.75, 3.05) is 7.05 Å². The van der Waals surface area contributed by atoms with Gasteiger partial charge in [0.25, 0.3) is 5.95 Å². The van der Waals surface area contributed by atoms with Crippen molar-refractivity contribution in [3.8, 4) is 5.95 Å². The van der Waals surface area contributed by atoms with E-state index in [-0.39, 0.29) is 23.3 Å². The van der Waals surface area contributed by atoms with Gasteiger partial charge in [-0.3, -0.25) is 4.79 Å². The molecule has 2 aromatic heterocycles. The van der Waals surface area contributed by atoms with Crippen molar-refractivity contribution < 1.29 is 13.2 Å². The summed E-state index contributed by atoms with van der Waals surface area (Å²) in [6, 6.07) is 8.33. The molecule has 1 N–H and O–H groups in total. The molecule has 2 heterocycles. The van der Waals surface area contributed by atoms with E-state index in [0.29, 0.717) is 12.5 Å². The molecular formula is C24H32N6O3S. The average Bonchev–Trinajstić information content (AvgIpc) is 3.05. The Morgan fingerprint density at radius 2 is 1.65 bits per heavy atom.